The lowest BCUT2D eigenvalue weighted by Gasteiger charge is -2.10. The first-order chi connectivity index (χ1) is 14.9. The second-order valence-electron chi connectivity index (χ2n) is 7.43. The molecule has 7 nitrogen and oxygen atoms in total. The Balaban J connectivity index is 1.78. The Kier molecular flexibility index (Phi) is 5.33. The highest BCUT2D eigenvalue weighted by molar-refractivity contribution is 5.88. The van der Waals surface area contributed by atoms with Crippen molar-refractivity contribution in [1.29, 1.82) is 0 Å². The Morgan fingerprint density at radius 2 is 1.65 bits per heavy atom. The van der Waals surface area contributed by atoms with E-state index in [-0.39, 0.29) is 11.5 Å². The number of methoxy groups -OCH3 is 1. The highest BCUT2D eigenvalue weighted by atomic mass is 16.5. The Bertz CT molecular complexity index is 1320. The molecule has 0 unspecified atom stereocenters. The van der Waals surface area contributed by atoms with E-state index in [1.54, 1.807) is 13.3 Å². The molecule has 0 bridgehead atoms. The minimum absolute atomic E-state index is 0.0837. The summed E-state index contributed by atoms with van der Waals surface area (Å²) < 4.78 is 8.73. The molecule has 2 aromatic carbocycles. The number of nitrogens with zero attached hydrogens (tertiary/aromatic N) is 3. The summed E-state index contributed by atoms with van der Waals surface area (Å²) in [6.07, 6.45) is 1.74. The van der Waals surface area contributed by atoms with E-state index in [1.807, 2.05) is 62.4 Å². The molecule has 0 saturated heterocycles. The number of aryl methyl sites for hydroxylation is 2. The third-order valence-electron chi connectivity index (χ3n) is 5.45. The first kappa shape index (κ1) is 20.4. The molecular formula is C24H24N4O3. The summed E-state index contributed by atoms with van der Waals surface area (Å²) in [6.45, 7) is 5.86. The van der Waals surface area contributed by atoms with Gasteiger partial charge < -0.3 is 14.6 Å². The predicted octanol–water partition coefficient (Wildman–Crippen LogP) is 3.44. The second-order valence-corrected chi connectivity index (χ2v) is 7.43. The van der Waals surface area contributed by atoms with Crippen molar-refractivity contribution in [1.82, 2.24) is 19.7 Å². The maximum atomic E-state index is 13.4. The van der Waals surface area contributed by atoms with Crippen molar-refractivity contribution in [3.63, 3.8) is 0 Å². The Morgan fingerprint density at radius 1 is 1.00 bits per heavy atom. The zero-order chi connectivity index (χ0) is 22.1. The first-order valence-electron chi connectivity index (χ1n) is 9.99. The van der Waals surface area contributed by atoms with Gasteiger partial charge in [-0.25, -0.2) is 0 Å². The summed E-state index contributed by atoms with van der Waals surface area (Å²) in [7, 11) is 1.63. The van der Waals surface area contributed by atoms with Gasteiger partial charge in [0.25, 0.3) is 5.56 Å². The minimum atomic E-state index is -0.167. The summed E-state index contributed by atoms with van der Waals surface area (Å²) in [4.78, 5) is 24.5. The highest BCUT2D eigenvalue weighted by Crippen LogP contribution is 2.27. The molecule has 2 aromatic heterocycles. The topological polar surface area (TPSA) is 78.2 Å². The summed E-state index contributed by atoms with van der Waals surface area (Å²) in [5, 5.41) is 8.65. The van der Waals surface area contributed by atoms with E-state index in [0.717, 1.165) is 33.8 Å². The average Bonchev–Trinajstić information content (AvgIpc) is 3.03. The molecule has 2 heterocycles. The van der Waals surface area contributed by atoms with Crippen LogP contribution in [0.1, 0.15) is 23.9 Å². The van der Waals surface area contributed by atoms with E-state index in [9.17, 15) is 9.59 Å². The van der Waals surface area contributed by atoms with E-state index in [0.29, 0.717) is 17.6 Å². The number of aromatic nitrogens is 3. The molecule has 0 atom stereocenters. The molecule has 0 spiro atoms. The SMILES string of the molecule is COc1ccc(-n2c(C)c3cnn(-c4ccc(CNC(C)=O)cc4)c(=O)c3c2C)cc1. The van der Waals surface area contributed by atoms with E-state index < -0.39 is 0 Å². The fraction of sp³-hybridized carbons (Fsp3) is 0.208. The third-order valence-corrected chi connectivity index (χ3v) is 5.45. The van der Waals surface area contributed by atoms with Crippen LogP contribution in [0, 0.1) is 13.8 Å². The molecule has 158 valence electrons. The van der Waals surface area contributed by atoms with Crippen LogP contribution < -0.4 is 15.6 Å². The molecule has 1 amide bonds. The smallest absolute Gasteiger partial charge is 0.281 e. The van der Waals surface area contributed by atoms with Gasteiger partial charge in [-0.2, -0.15) is 9.78 Å². The van der Waals surface area contributed by atoms with Crippen LogP contribution in [0.3, 0.4) is 0 Å². The lowest BCUT2D eigenvalue weighted by atomic mass is 10.2. The quantitative estimate of drug-likeness (QED) is 0.541. The molecule has 0 aliphatic heterocycles. The van der Waals surface area contributed by atoms with Gasteiger partial charge in [0.05, 0.1) is 24.4 Å². The molecule has 4 aromatic rings. The third kappa shape index (κ3) is 3.70. The number of carbonyl (C=O) groups excluding carboxylic acids is 1. The van der Waals surface area contributed by atoms with Crippen LogP contribution in [-0.4, -0.2) is 27.4 Å². The van der Waals surface area contributed by atoms with E-state index in [2.05, 4.69) is 15.0 Å². The van der Waals surface area contributed by atoms with Crippen molar-refractivity contribution in [3.8, 4) is 17.1 Å². The lowest BCUT2D eigenvalue weighted by Crippen LogP contribution is -2.21. The monoisotopic (exact) mass is 416 g/mol. The highest BCUT2D eigenvalue weighted by Gasteiger charge is 2.18. The van der Waals surface area contributed by atoms with E-state index in [4.69, 9.17) is 4.74 Å². The largest absolute Gasteiger partial charge is 0.497 e. The van der Waals surface area contributed by atoms with Crippen LogP contribution in [-0.2, 0) is 11.3 Å². The molecule has 0 fully saturated rings. The van der Waals surface area contributed by atoms with Gasteiger partial charge in [0.1, 0.15) is 5.75 Å². The number of benzene rings is 2. The molecule has 31 heavy (non-hydrogen) atoms. The summed E-state index contributed by atoms with van der Waals surface area (Å²) in [5.41, 5.74) is 4.24. The van der Waals surface area contributed by atoms with Crippen molar-refractivity contribution >= 4 is 16.7 Å². The number of hydrogen-bond donors (Lipinski definition) is 1. The van der Waals surface area contributed by atoms with Crippen LogP contribution in [0.25, 0.3) is 22.1 Å². The van der Waals surface area contributed by atoms with Crippen molar-refractivity contribution in [2.24, 2.45) is 0 Å². The molecule has 0 saturated carbocycles. The fourth-order valence-corrected chi connectivity index (χ4v) is 3.85. The second kappa shape index (κ2) is 8.10. The van der Waals surface area contributed by atoms with Crippen LogP contribution in [0.4, 0.5) is 0 Å². The van der Waals surface area contributed by atoms with Crippen LogP contribution in [0.2, 0.25) is 0 Å². The number of rotatable bonds is 5. The fourth-order valence-electron chi connectivity index (χ4n) is 3.85. The van der Waals surface area contributed by atoms with Crippen LogP contribution in [0.5, 0.6) is 5.75 Å². The van der Waals surface area contributed by atoms with Gasteiger partial charge in [0, 0.05) is 35.9 Å². The normalized spacial score (nSPS) is 11.0. The number of hydrogen-bond acceptors (Lipinski definition) is 4. The van der Waals surface area contributed by atoms with Crippen molar-refractivity contribution in [3.05, 3.63) is 82.0 Å². The summed E-state index contributed by atoms with van der Waals surface area (Å²) in [5.74, 6) is 0.696. The molecule has 0 aliphatic rings. The molecular weight excluding hydrogens is 392 g/mol. The zero-order valence-corrected chi connectivity index (χ0v) is 18.0. The summed E-state index contributed by atoms with van der Waals surface area (Å²) in [6, 6.07) is 15.2. The molecule has 0 radical (unpaired) electrons. The molecule has 1 N–H and O–H groups in total. The van der Waals surface area contributed by atoms with Gasteiger partial charge in [-0.1, -0.05) is 12.1 Å². The Morgan fingerprint density at radius 3 is 2.26 bits per heavy atom. The lowest BCUT2D eigenvalue weighted by molar-refractivity contribution is -0.119. The number of amides is 1. The van der Waals surface area contributed by atoms with E-state index in [1.165, 1.54) is 11.6 Å². The zero-order valence-electron chi connectivity index (χ0n) is 18.0. The predicted molar refractivity (Wildman–Crippen MR) is 120 cm³/mol. The Labute approximate surface area is 179 Å². The Hall–Kier alpha value is -3.87. The summed E-state index contributed by atoms with van der Waals surface area (Å²) >= 11 is 0. The van der Waals surface area contributed by atoms with Gasteiger partial charge in [0.15, 0.2) is 0 Å². The molecule has 4 rings (SSSR count). The van der Waals surface area contributed by atoms with Crippen molar-refractivity contribution in [2.75, 3.05) is 7.11 Å². The number of nitrogens with one attached hydrogen (secondary N) is 1. The average molecular weight is 416 g/mol. The number of carbonyl (C=O) groups is 1. The first-order valence-corrected chi connectivity index (χ1v) is 9.99. The van der Waals surface area contributed by atoms with Gasteiger partial charge in [0.2, 0.25) is 5.91 Å². The maximum absolute atomic E-state index is 13.4. The standard InChI is InChI=1S/C24H24N4O3/c1-15-22-14-26-28(20-7-5-18(6-8-20)13-25-17(3)29)24(30)23(22)16(2)27(15)19-9-11-21(31-4)12-10-19/h5-12,14H,13H2,1-4H3,(H,25,29). The van der Waals surface area contributed by atoms with Crippen LogP contribution >= 0.6 is 0 Å². The number of ether oxygens (including phenoxy) is 1. The van der Waals surface area contributed by atoms with Gasteiger partial charge in [-0.15, -0.1) is 0 Å². The van der Waals surface area contributed by atoms with Crippen molar-refractivity contribution in [2.45, 2.75) is 27.3 Å². The van der Waals surface area contributed by atoms with Gasteiger partial charge in [-0.05, 0) is 55.8 Å². The molecule has 7 heteroatoms. The van der Waals surface area contributed by atoms with Crippen molar-refractivity contribution < 1.29 is 9.53 Å². The van der Waals surface area contributed by atoms with E-state index >= 15 is 0 Å². The minimum Gasteiger partial charge on any atom is -0.497 e. The van der Waals surface area contributed by atoms with Gasteiger partial charge in [-0.3, -0.25) is 9.59 Å². The number of fused-ring (bicyclic) bond motifs is 1. The maximum Gasteiger partial charge on any atom is 0.281 e. The molecule has 0 aliphatic carbocycles. The van der Waals surface area contributed by atoms with Crippen LogP contribution in [0.15, 0.2) is 59.5 Å². The van der Waals surface area contributed by atoms with Gasteiger partial charge >= 0.3 is 0 Å².